The molecule has 2 aliphatic rings. The molecule has 0 spiro atoms. The number of amides is 3. The normalized spacial score (nSPS) is 18.2. The van der Waals surface area contributed by atoms with Gasteiger partial charge < -0.3 is 5.32 Å². The summed E-state index contributed by atoms with van der Waals surface area (Å²) in [6.45, 7) is 0. The number of nitrogens with zero attached hydrogens (tertiary/aromatic N) is 5. The number of nitrogens with one attached hydrogen (secondary N) is 1. The van der Waals surface area contributed by atoms with Crippen LogP contribution in [0.5, 0.6) is 0 Å². The van der Waals surface area contributed by atoms with E-state index in [1.54, 1.807) is 6.07 Å². The first-order chi connectivity index (χ1) is 20.5. The molecule has 5 rings (SSSR count). The Balaban J connectivity index is 1.65. The van der Waals surface area contributed by atoms with Crippen LogP contribution in [0.2, 0.25) is 0 Å². The van der Waals surface area contributed by atoms with Crippen LogP contribution < -0.4 is 15.1 Å². The second kappa shape index (κ2) is 11.5. The minimum absolute atomic E-state index is 0.0274. The lowest BCUT2D eigenvalue weighted by atomic mass is 9.87. The lowest BCUT2D eigenvalue weighted by Gasteiger charge is -2.39. The highest BCUT2D eigenvalue weighted by Crippen LogP contribution is 2.39. The molecule has 9 nitrogen and oxygen atoms in total. The minimum Gasteiger partial charge on any atom is -0.351 e. The Morgan fingerprint density at radius 3 is 2.44 bits per heavy atom. The molecule has 2 heterocycles. The summed E-state index contributed by atoms with van der Waals surface area (Å²) in [5.41, 5.74) is -0.705. The maximum Gasteiger partial charge on any atom is 0.252 e. The van der Waals surface area contributed by atoms with Gasteiger partial charge in [-0.3, -0.25) is 24.2 Å². The Hall–Kier alpha value is -5.30. The van der Waals surface area contributed by atoms with Crippen molar-refractivity contribution in [3.05, 3.63) is 89.1 Å². The number of pyridine rings is 1. The second-order valence-corrected chi connectivity index (χ2v) is 10.2. The number of aromatic nitrogens is 1. The fourth-order valence-corrected chi connectivity index (χ4v) is 5.30. The molecule has 0 radical (unpaired) electrons. The van der Waals surface area contributed by atoms with Crippen molar-refractivity contribution in [3.8, 4) is 12.1 Å². The Labute approximate surface area is 242 Å². The maximum absolute atomic E-state index is 15.3. The van der Waals surface area contributed by atoms with Gasteiger partial charge in [-0.05, 0) is 42.8 Å². The molecule has 1 unspecified atom stereocenters. The molecule has 1 N–H and O–H groups in total. The van der Waals surface area contributed by atoms with Crippen LogP contribution in [0.15, 0.2) is 60.8 Å². The number of carbonyl (C=O) groups is 3. The Morgan fingerprint density at radius 1 is 1.05 bits per heavy atom. The molecule has 2 atom stereocenters. The average Bonchev–Trinajstić information content (AvgIpc) is 3.35. The summed E-state index contributed by atoms with van der Waals surface area (Å²) in [7, 11) is 0. The lowest BCUT2D eigenvalue weighted by Crippen LogP contribution is -2.56. The molecular weight excluding hydrogens is 568 g/mol. The highest BCUT2D eigenvalue weighted by atomic mass is 19.3. The second-order valence-electron chi connectivity index (χ2n) is 10.2. The van der Waals surface area contributed by atoms with Crippen LogP contribution in [0.25, 0.3) is 0 Å². The SMILES string of the molecule is N#Cc1cc(F)cc(N(C(=O)C2CCC(=O)N2c2cc(C#N)ccn2)[C@H](C(=O)NC2CC(F)(F)C2)c2ccccc2F)c1. The van der Waals surface area contributed by atoms with E-state index in [0.717, 1.165) is 34.1 Å². The van der Waals surface area contributed by atoms with Gasteiger partial charge in [-0.2, -0.15) is 10.5 Å². The van der Waals surface area contributed by atoms with Crippen molar-refractivity contribution in [1.29, 1.82) is 10.5 Å². The quantitative estimate of drug-likeness (QED) is 0.409. The molecule has 3 aromatic rings. The third-order valence-corrected chi connectivity index (χ3v) is 7.29. The van der Waals surface area contributed by atoms with Gasteiger partial charge in [0.05, 0.1) is 23.3 Å². The number of benzene rings is 2. The molecule has 13 heteroatoms. The molecule has 1 saturated heterocycles. The van der Waals surface area contributed by atoms with Crippen molar-refractivity contribution < 1.29 is 31.9 Å². The fourth-order valence-electron chi connectivity index (χ4n) is 5.30. The number of rotatable bonds is 7. The van der Waals surface area contributed by atoms with E-state index < -0.39 is 66.2 Å². The van der Waals surface area contributed by atoms with Crippen molar-refractivity contribution in [3.63, 3.8) is 0 Å². The Kier molecular flexibility index (Phi) is 7.83. The van der Waals surface area contributed by atoms with Crippen LogP contribution in [0.3, 0.4) is 0 Å². The predicted molar refractivity (Wildman–Crippen MR) is 143 cm³/mol. The lowest BCUT2D eigenvalue weighted by molar-refractivity contribution is -0.133. The minimum atomic E-state index is -3.00. The summed E-state index contributed by atoms with van der Waals surface area (Å²) in [5.74, 6) is -7.39. The van der Waals surface area contributed by atoms with Gasteiger partial charge in [0.1, 0.15) is 29.5 Å². The number of alkyl halides is 2. The summed E-state index contributed by atoms with van der Waals surface area (Å²) >= 11 is 0. The molecule has 1 aromatic heterocycles. The first-order valence-corrected chi connectivity index (χ1v) is 13.2. The smallest absolute Gasteiger partial charge is 0.252 e. The van der Waals surface area contributed by atoms with Crippen molar-refractivity contribution >= 4 is 29.2 Å². The van der Waals surface area contributed by atoms with Crippen molar-refractivity contribution in [2.75, 3.05) is 9.80 Å². The van der Waals surface area contributed by atoms with E-state index in [9.17, 15) is 38.1 Å². The largest absolute Gasteiger partial charge is 0.351 e. The third kappa shape index (κ3) is 5.88. The van der Waals surface area contributed by atoms with E-state index >= 15 is 4.39 Å². The molecule has 1 saturated carbocycles. The van der Waals surface area contributed by atoms with Crippen molar-refractivity contribution in [2.45, 2.75) is 49.7 Å². The molecule has 1 aliphatic heterocycles. The van der Waals surface area contributed by atoms with Gasteiger partial charge in [0, 0.05) is 42.8 Å². The van der Waals surface area contributed by atoms with Crippen LogP contribution in [0.1, 0.15) is 48.4 Å². The highest BCUT2D eigenvalue weighted by molar-refractivity contribution is 6.10. The molecule has 2 aromatic carbocycles. The van der Waals surface area contributed by atoms with E-state index in [-0.39, 0.29) is 41.0 Å². The monoisotopic (exact) mass is 590 g/mol. The molecule has 0 bridgehead atoms. The summed E-state index contributed by atoms with van der Waals surface area (Å²) in [5, 5.41) is 21.3. The first kappa shape index (κ1) is 29.2. The zero-order chi connectivity index (χ0) is 30.9. The van der Waals surface area contributed by atoms with E-state index in [1.165, 1.54) is 36.5 Å². The molecule has 43 heavy (non-hydrogen) atoms. The number of hydrogen-bond donors (Lipinski definition) is 1. The van der Waals surface area contributed by atoms with Crippen molar-refractivity contribution in [1.82, 2.24) is 10.3 Å². The fraction of sp³-hybridized carbons (Fsp3) is 0.267. The van der Waals surface area contributed by atoms with Gasteiger partial charge in [0.25, 0.3) is 11.8 Å². The van der Waals surface area contributed by atoms with Gasteiger partial charge >= 0.3 is 0 Å². The number of anilines is 2. The van der Waals surface area contributed by atoms with Gasteiger partial charge in [0.15, 0.2) is 0 Å². The predicted octanol–water partition coefficient (Wildman–Crippen LogP) is 4.29. The van der Waals surface area contributed by atoms with E-state index in [0.29, 0.717) is 0 Å². The van der Waals surface area contributed by atoms with E-state index in [1.807, 2.05) is 6.07 Å². The first-order valence-electron chi connectivity index (χ1n) is 13.2. The van der Waals surface area contributed by atoms with Crippen LogP contribution in [-0.2, 0) is 14.4 Å². The molecular formula is C30H22F4N6O3. The Morgan fingerprint density at radius 2 is 1.77 bits per heavy atom. The van der Waals surface area contributed by atoms with Crippen molar-refractivity contribution in [2.24, 2.45) is 0 Å². The Bertz CT molecular complexity index is 1690. The topological polar surface area (TPSA) is 130 Å². The van der Waals surface area contributed by atoms with Gasteiger partial charge in [0.2, 0.25) is 11.8 Å². The highest BCUT2D eigenvalue weighted by Gasteiger charge is 2.48. The molecule has 2 fully saturated rings. The van der Waals surface area contributed by atoms with Gasteiger partial charge in [-0.1, -0.05) is 18.2 Å². The number of carbonyl (C=O) groups excluding carboxylic acids is 3. The number of nitriles is 2. The zero-order valence-corrected chi connectivity index (χ0v) is 22.3. The van der Waals surface area contributed by atoms with Crippen LogP contribution in [0, 0.1) is 34.3 Å². The van der Waals surface area contributed by atoms with Crippen LogP contribution >= 0.6 is 0 Å². The third-order valence-electron chi connectivity index (χ3n) is 7.29. The average molecular weight is 591 g/mol. The maximum atomic E-state index is 15.3. The van der Waals surface area contributed by atoms with Crippen LogP contribution in [0.4, 0.5) is 29.1 Å². The summed E-state index contributed by atoms with van der Waals surface area (Å²) in [4.78, 5) is 47.2. The molecule has 3 amide bonds. The summed E-state index contributed by atoms with van der Waals surface area (Å²) < 4.78 is 57.3. The number of hydrogen-bond acceptors (Lipinski definition) is 6. The van der Waals surface area contributed by atoms with Gasteiger partial charge in [-0.15, -0.1) is 0 Å². The zero-order valence-electron chi connectivity index (χ0n) is 22.3. The molecule has 1 aliphatic carbocycles. The summed E-state index contributed by atoms with van der Waals surface area (Å²) in [6, 6.07) is 10.1. The molecule has 218 valence electrons. The standard InChI is InChI=1S/C30H22F4N6O3/c31-19-9-18(16-36)10-21(12-19)39(29(43)24-5-6-26(41)40(24)25-11-17(15-35)7-8-37-25)27(22-3-1-2-4-23(22)32)28(42)38-20-13-30(33,34)14-20/h1-4,7-12,20,24,27H,5-6,13-14H2,(H,38,42)/t24?,27-/m0/s1. The van der Waals surface area contributed by atoms with Gasteiger partial charge in [-0.25, -0.2) is 22.5 Å². The number of halogens is 4. The van der Waals surface area contributed by atoms with E-state index in [2.05, 4.69) is 10.3 Å². The van der Waals surface area contributed by atoms with E-state index in [4.69, 9.17) is 0 Å². The van der Waals surface area contributed by atoms with Crippen LogP contribution in [-0.4, -0.2) is 40.7 Å². The summed E-state index contributed by atoms with van der Waals surface area (Å²) in [6.07, 6.45) is -0.257.